The molecule has 1 aromatic heterocycles. The third kappa shape index (κ3) is 5.51. The van der Waals surface area contributed by atoms with Gasteiger partial charge in [0.05, 0.1) is 12.8 Å². The van der Waals surface area contributed by atoms with E-state index in [4.69, 9.17) is 10.5 Å². The Labute approximate surface area is 151 Å². The predicted molar refractivity (Wildman–Crippen MR) is 100 cm³/mol. The molecule has 3 N–H and O–H groups in total. The molecule has 1 aromatic carbocycles. The van der Waals surface area contributed by atoms with E-state index in [1.165, 1.54) is 55.6 Å². The predicted octanol–water partition coefficient (Wildman–Crippen LogP) is 4.41. The third-order valence-electron chi connectivity index (χ3n) is 4.33. The van der Waals surface area contributed by atoms with E-state index in [9.17, 15) is 4.39 Å². The van der Waals surface area contributed by atoms with E-state index in [2.05, 4.69) is 15.5 Å². The van der Waals surface area contributed by atoms with Crippen molar-refractivity contribution >= 4 is 28.5 Å². The Balaban J connectivity index is 1.57. The maximum atomic E-state index is 13.6. The van der Waals surface area contributed by atoms with Gasteiger partial charge in [0.25, 0.3) is 0 Å². The van der Waals surface area contributed by atoms with Crippen molar-refractivity contribution in [2.24, 2.45) is 11.0 Å². The van der Waals surface area contributed by atoms with Crippen LogP contribution in [0.5, 0.6) is 0 Å². The zero-order chi connectivity index (χ0) is 17.5. The fourth-order valence-corrected chi connectivity index (χ4v) is 3.56. The highest BCUT2D eigenvalue weighted by Gasteiger charge is 2.13. The van der Waals surface area contributed by atoms with Gasteiger partial charge < -0.3 is 10.5 Å². The molecule has 1 heterocycles. The molecule has 0 atom stereocenters. The number of thiazole rings is 1. The van der Waals surface area contributed by atoms with Crippen molar-refractivity contribution in [1.82, 2.24) is 4.98 Å². The van der Waals surface area contributed by atoms with E-state index in [1.54, 1.807) is 17.7 Å². The molecule has 3 rings (SSSR count). The summed E-state index contributed by atoms with van der Waals surface area (Å²) in [5.74, 6) is 0.826. The molecular formula is C18H23FN4OS. The monoisotopic (exact) mass is 362 g/mol. The van der Waals surface area contributed by atoms with Gasteiger partial charge in [-0.25, -0.2) is 9.37 Å². The maximum absolute atomic E-state index is 13.6. The number of rotatable bonds is 7. The van der Waals surface area contributed by atoms with E-state index in [0.29, 0.717) is 23.5 Å². The van der Waals surface area contributed by atoms with Crippen LogP contribution in [-0.4, -0.2) is 17.8 Å². The highest BCUT2D eigenvalue weighted by molar-refractivity contribution is 7.14. The molecule has 5 nitrogen and oxygen atoms in total. The third-order valence-corrected chi connectivity index (χ3v) is 5.09. The summed E-state index contributed by atoms with van der Waals surface area (Å²) in [5.41, 5.74) is 10.0. The zero-order valence-electron chi connectivity index (χ0n) is 14.1. The van der Waals surface area contributed by atoms with Crippen LogP contribution in [0.3, 0.4) is 0 Å². The van der Waals surface area contributed by atoms with E-state index in [-0.39, 0.29) is 5.82 Å². The minimum Gasteiger partial charge on any atom is -0.383 e. The van der Waals surface area contributed by atoms with Gasteiger partial charge in [-0.05, 0) is 36.5 Å². The number of ether oxygens (including phenoxy) is 1. The van der Waals surface area contributed by atoms with Crippen LogP contribution in [0.2, 0.25) is 0 Å². The number of hydrazone groups is 1. The second-order valence-electron chi connectivity index (χ2n) is 6.31. The van der Waals surface area contributed by atoms with Gasteiger partial charge in [-0.15, -0.1) is 11.3 Å². The lowest BCUT2D eigenvalue weighted by atomic mass is 9.90. The first kappa shape index (κ1) is 17.8. The SMILES string of the molecule is Nc1csc(NN=Cc2ccc(F)cc2COCC2CCCCC2)n1. The number of nitrogens with zero attached hydrogens (tertiary/aromatic N) is 2. The minimum absolute atomic E-state index is 0.269. The summed E-state index contributed by atoms with van der Waals surface area (Å²) < 4.78 is 19.4. The Morgan fingerprint density at radius 1 is 1.36 bits per heavy atom. The van der Waals surface area contributed by atoms with Crippen LogP contribution in [0.1, 0.15) is 43.2 Å². The van der Waals surface area contributed by atoms with E-state index in [1.807, 2.05) is 0 Å². The number of nitrogen functional groups attached to an aromatic ring is 1. The van der Waals surface area contributed by atoms with Crippen molar-refractivity contribution in [3.05, 3.63) is 40.5 Å². The van der Waals surface area contributed by atoms with Gasteiger partial charge >= 0.3 is 0 Å². The number of nitrogens with two attached hydrogens (primary N) is 1. The minimum atomic E-state index is -0.269. The second-order valence-corrected chi connectivity index (χ2v) is 7.17. The first-order valence-electron chi connectivity index (χ1n) is 8.57. The lowest BCUT2D eigenvalue weighted by Crippen LogP contribution is -2.13. The molecule has 134 valence electrons. The Hall–Kier alpha value is -1.99. The van der Waals surface area contributed by atoms with Crippen molar-refractivity contribution in [2.75, 3.05) is 17.8 Å². The van der Waals surface area contributed by atoms with Crippen LogP contribution in [0.15, 0.2) is 28.7 Å². The van der Waals surface area contributed by atoms with Gasteiger partial charge in [-0.1, -0.05) is 25.3 Å². The van der Waals surface area contributed by atoms with Crippen LogP contribution >= 0.6 is 11.3 Å². The van der Waals surface area contributed by atoms with E-state index >= 15 is 0 Å². The molecule has 0 radical (unpaired) electrons. The number of halogens is 1. The summed E-state index contributed by atoms with van der Waals surface area (Å²) in [6, 6.07) is 4.63. The molecule has 25 heavy (non-hydrogen) atoms. The molecule has 1 saturated carbocycles. The van der Waals surface area contributed by atoms with E-state index in [0.717, 1.165) is 17.7 Å². The standard InChI is InChI=1S/C18H23FN4OS/c19-16-7-6-14(9-21-23-18-22-17(20)12-25-18)15(8-16)11-24-10-13-4-2-1-3-5-13/h6-9,12-13H,1-5,10-11,20H2,(H,22,23). The van der Waals surface area contributed by atoms with Crippen molar-refractivity contribution in [2.45, 2.75) is 38.7 Å². The zero-order valence-corrected chi connectivity index (χ0v) is 14.9. The van der Waals surface area contributed by atoms with Gasteiger partial charge in [0.15, 0.2) is 0 Å². The molecule has 0 spiro atoms. The largest absolute Gasteiger partial charge is 0.383 e. The van der Waals surface area contributed by atoms with Crippen LogP contribution in [0, 0.1) is 11.7 Å². The lowest BCUT2D eigenvalue weighted by molar-refractivity contribution is 0.0737. The number of hydrogen-bond acceptors (Lipinski definition) is 6. The van der Waals surface area contributed by atoms with Gasteiger partial charge in [-0.2, -0.15) is 5.10 Å². The molecule has 1 fully saturated rings. The van der Waals surface area contributed by atoms with Crippen LogP contribution in [-0.2, 0) is 11.3 Å². The fraction of sp³-hybridized carbons (Fsp3) is 0.444. The van der Waals surface area contributed by atoms with Gasteiger partial charge in [0.2, 0.25) is 5.13 Å². The van der Waals surface area contributed by atoms with Crippen LogP contribution < -0.4 is 11.2 Å². The number of aromatic nitrogens is 1. The van der Waals surface area contributed by atoms with Crippen molar-refractivity contribution in [3.8, 4) is 0 Å². The topological polar surface area (TPSA) is 72.5 Å². The molecule has 0 unspecified atom stereocenters. The first-order valence-corrected chi connectivity index (χ1v) is 9.45. The smallest absolute Gasteiger partial charge is 0.205 e. The Morgan fingerprint density at radius 3 is 2.96 bits per heavy atom. The molecule has 0 amide bonds. The molecule has 1 aliphatic carbocycles. The summed E-state index contributed by atoms with van der Waals surface area (Å²) in [5, 5.41) is 6.51. The Kier molecular flexibility index (Phi) is 6.36. The van der Waals surface area contributed by atoms with Gasteiger partial charge in [-0.3, -0.25) is 5.43 Å². The quantitative estimate of drug-likeness (QED) is 0.565. The summed E-state index contributed by atoms with van der Waals surface area (Å²) in [6.45, 7) is 1.13. The maximum Gasteiger partial charge on any atom is 0.205 e. The van der Waals surface area contributed by atoms with Crippen LogP contribution in [0.25, 0.3) is 0 Å². The normalized spacial score (nSPS) is 15.7. The van der Waals surface area contributed by atoms with Crippen molar-refractivity contribution in [1.29, 1.82) is 0 Å². The molecule has 0 aliphatic heterocycles. The fourth-order valence-electron chi connectivity index (χ4n) is 3.01. The first-order chi connectivity index (χ1) is 12.2. The molecule has 0 saturated heterocycles. The highest BCUT2D eigenvalue weighted by atomic mass is 32.1. The Bertz CT molecular complexity index is 713. The van der Waals surface area contributed by atoms with Crippen LogP contribution in [0.4, 0.5) is 15.3 Å². The number of anilines is 2. The average molecular weight is 362 g/mol. The number of nitrogens with one attached hydrogen (secondary N) is 1. The number of benzene rings is 1. The summed E-state index contributed by atoms with van der Waals surface area (Å²) >= 11 is 1.38. The molecule has 2 aromatic rings. The summed E-state index contributed by atoms with van der Waals surface area (Å²) in [6.07, 6.45) is 8.03. The highest BCUT2D eigenvalue weighted by Crippen LogP contribution is 2.24. The average Bonchev–Trinajstić information content (AvgIpc) is 3.03. The summed E-state index contributed by atoms with van der Waals surface area (Å²) in [4.78, 5) is 4.07. The van der Waals surface area contributed by atoms with Gasteiger partial charge in [0.1, 0.15) is 11.6 Å². The number of hydrogen-bond donors (Lipinski definition) is 2. The molecule has 0 bridgehead atoms. The van der Waals surface area contributed by atoms with E-state index < -0.39 is 0 Å². The molecular weight excluding hydrogens is 339 g/mol. The molecule has 7 heteroatoms. The Morgan fingerprint density at radius 2 is 2.20 bits per heavy atom. The molecule has 1 aliphatic rings. The van der Waals surface area contributed by atoms with Crippen molar-refractivity contribution in [3.63, 3.8) is 0 Å². The van der Waals surface area contributed by atoms with Gasteiger partial charge in [0, 0.05) is 17.6 Å². The van der Waals surface area contributed by atoms with Crippen molar-refractivity contribution < 1.29 is 9.13 Å². The summed E-state index contributed by atoms with van der Waals surface area (Å²) in [7, 11) is 0. The second kappa shape index (κ2) is 8.92. The lowest BCUT2D eigenvalue weighted by Gasteiger charge is -2.21.